The number of hydrogen-bond acceptors (Lipinski definition) is 3. The van der Waals surface area contributed by atoms with Gasteiger partial charge in [-0.1, -0.05) is 12.5 Å². The molecule has 1 aliphatic carbocycles. The van der Waals surface area contributed by atoms with Gasteiger partial charge in [0.15, 0.2) is 0 Å². The number of rotatable bonds is 5. The second-order valence-electron chi connectivity index (χ2n) is 5.19. The van der Waals surface area contributed by atoms with Crippen LogP contribution in [0.15, 0.2) is 24.3 Å². The van der Waals surface area contributed by atoms with E-state index in [2.05, 4.69) is 29.7 Å². The van der Waals surface area contributed by atoms with Crippen molar-refractivity contribution in [2.24, 2.45) is 5.41 Å². The lowest BCUT2D eigenvalue weighted by atomic mass is 9.71. The van der Waals surface area contributed by atoms with Crippen LogP contribution < -0.4 is 9.64 Å². The van der Waals surface area contributed by atoms with Gasteiger partial charge in [0.1, 0.15) is 5.75 Å². The average molecular weight is 251 g/mol. The highest BCUT2D eigenvalue weighted by molar-refractivity contribution is 7.80. The highest BCUT2D eigenvalue weighted by atomic mass is 32.1. The van der Waals surface area contributed by atoms with E-state index in [1.54, 1.807) is 0 Å². The monoisotopic (exact) mass is 251 g/mol. The molecule has 3 heteroatoms. The Morgan fingerprint density at radius 1 is 1.35 bits per heavy atom. The summed E-state index contributed by atoms with van der Waals surface area (Å²) < 4.78 is 5.92. The standard InChI is InChI=1S/C14H21NOS/c1-15(2)12-5-3-6-13(9-12)16-10-14(11-17)7-4-8-14/h3,5-6,9,17H,4,7-8,10-11H2,1-2H3. The minimum atomic E-state index is 0.331. The van der Waals surface area contributed by atoms with Gasteiger partial charge in [0, 0.05) is 31.3 Å². The zero-order valence-corrected chi connectivity index (χ0v) is 11.5. The molecule has 0 unspecified atom stereocenters. The maximum absolute atomic E-state index is 5.92. The Balaban J connectivity index is 1.96. The molecule has 1 saturated carbocycles. The Bertz CT molecular complexity index is 369. The number of benzene rings is 1. The third-order valence-corrected chi connectivity index (χ3v) is 4.30. The first kappa shape index (κ1) is 12.6. The molecule has 0 radical (unpaired) electrons. The Morgan fingerprint density at radius 2 is 2.12 bits per heavy atom. The van der Waals surface area contributed by atoms with E-state index in [9.17, 15) is 0 Å². The van der Waals surface area contributed by atoms with Gasteiger partial charge in [0.25, 0.3) is 0 Å². The molecule has 94 valence electrons. The van der Waals surface area contributed by atoms with Crippen LogP contribution in [-0.2, 0) is 0 Å². The van der Waals surface area contributed by atoms with Crippen LogP contribution in [0.25, 0.3) is 0 Å². The zero-order valence-electron chi connectivity index (χ0n) is 10.6. The van der Waals surface area contributed by atoms with E-state index in [1.165, 1.54) is 24.9 Å². The van der Waals surface area contributed by atoms with E-state index in [4.69, 9.17) is 4.74 Å². The molecule has 0 N–H and O–H groups in total. The predicted molar refractivity (Wildman–Crippen MR) is 76.4 cm³/mol. The fraction of sp³-hybridized carbons (Fsp3) is 0.571. The van der Waals surface area contributed by atoms with Crippen LogP contribution in [0.1, 0.15) is 19.3 Å². The average Bonchev–Trinajstić information content (AvgIpc) is 2.28. The molecular weight excluding hydrogens is 230 g/mol. The molecule has 2 rings (SSSR count). The summed E-state index contributed by atoms with van der Waals surface area (Å²) in [5, 5.41) is 0. The van der Waals surface area contributed by atoms with Gasteiger partial charge in [-0.25, -0.2) is 0 Å². The lowest BCUT2D eigenvalue weighted by Gasteiger charge is -2.40. The van der Waals surface area contributed by atoms with Crippen LogP contribution in [-0.4, -0.2) is 26.5 Å². The molecule has 2 nitrogen and oxygen atoms in total. The van der Waals surface area contributed by atoms with Crippen LogP contribution in [0, 0.1) is 5.41 Å². The van der Waals surface area contributed by atoms with Crippen molar-refractivity contribution in [3.63, 3.8) is 0 Å². The largest absolute Gasteiger partial charge is 0.493 e. The maximum Gasteiger partial charge on any atom is 0.121 e. The third-order valence-electron chi connectivity index (χ3n) is 3.63. The van der Waals surface area contributed by atoms with Crippen molar-refractivity contribution >= 4 is 18.3 Å². The zero-order chi connectivity index (χ0) is 12.3. The fourth-order valence-corrected chi connectivity index (χ4v) is 2.52. The van der Waals surface area contributed by atoms with Gasteiger partial charge in [0.2, 0.25) is 0 Å². The van der Waals surface area contributed by atoms with Gasteiger partial charge < -0.3 is 9.64 Å². The molecule has 1 aliphatic rings. The van der Waals surface area contributed by atoms with Crippen LogP contribution in [0.5, 0.6) is 5.75 Å². The van der Waals surface area contributed by atoms with Gasteiger partial charge in [-0.3, -0.25) is 0 Å². The number of nitrogens with zero attached hydrogens (tertiary/aromatic N) is 1. The van der Waals surface area contributed by atoms with Crippen molar-refractivity contribution in [1.29, 1.82) is 0 Å². The molecule has 0 heterocycles. The predicted octanol–water partition coefficient (Wildman–Crippen LogP) is 3.23. The topological polar surface area (TPSA) is 12.5 Å². The van der Waals surface area contributed by atoms with Crippen LogP contribution in [0.2, 0.25) is 0 Å². The van der Waals surface area contributed by atoms with Gasteiger partial charge in [-0.05, 0) is 30.7 Å². The SMILES string of the molecule is CN(C)c1cccc(OCC2(CS)CCC2)c1. The van der Waals surface area contributed by atoms with Crippen molar-refractivity contribution < 1.29 is 4.74 Å². The Labute approximate surface area is 109 Å². The molecule has 1 fully saturated rings. The molecule has 0 amide bonds. The number of hydrogen-bond donors (Lipinski definition) is 1. The van der Waals surface area contributed by atoms with E-state index >= 15 is 0 Å². The summed E-state index contributed by atoms with van der Waals surface area (Å²) in [7, 11) is 4.08. The fourth-order valence-electron chi connectivity index (χ4n) is 2.11. The van der Waals surface area contributed by atoms with Gasteiger partial charge >= 0.3 is 0 Å². The highest BCUT2D eigenvalue weighted by Crippen LogP contribution is 2.42. The second-order valence-corrected chi connectivity index (χ2v) is 5.51. The summed E-state index contributed by atoms with van der Waals surface area (Å²) in [6, 6.07) is 8.24. The smallest absolute Gasteiger partial charge is 0.121 e. The Hall–Kier alpha value is -0.830. The first-order chi connectivity index (χ1) is 8.15. The summed E-state index contributed by atoms with van der Waals surface area (Å²) in [4.78, 5) is 2.09. The van der Waals surface area contributed by atoms with E-state index in [1.807, 2.05) is 26.2 Å². The van der Waals surface area contributed by atoms with E-state index in [-0.39, 0.29) is 0 Å². The van der Waals surface area contributed by atoms with Crippen molar-refractivity contribution in [3.8, 4) is 5.75 Å². The van der Waals surface area contributed by atoms with Crippen LogP contribution in [0.3, 0.4) is 0 Å². The molecule has 0 saturated heterocycles. The number of thiol groups is 1. The summed E-state index contributed by atoms with van der Waals surface area (Å²) in [6.07, 6.45) is 3.83. The lowest BCUT2D eigenvalue weighted by Crippen LogP contribution is -2.37. The Morgan fingerprint density at radius 3 is 2.65 bits per heavy atom. The summed E-state index contributed by atoms with van der Waals surface area (Å²) in [5.74, 6) is 1.89. The van der Waals surface area contributed by atoms with Gasteiger partial charge in [-0.2, -0.15) is 12.6 Å². The quantitative estimate of drug-likeness (QED) is 0.807. The van der Waals surface area contributed by atoms with Crippen molar-refractivity contribution in [2.75, 3.05) is 31.4 Å². The first-order valence-electron chi connectivity index (χ1n) is 6.16. The Kier molecular flexibility index (Phi) is 3.87. The van der Waals surface area contributed by atoms with Crippen LogP contribution >= 0.6 is 12.6 Å². The second kappa shape index (κ2) is 5.21. The van der Waals surface area contributed by atoms with Crippen molar-refractivity contribution in [2.45, 2.75) is 19.3 Å². The summed E-state index contributed by atoms with van der Waals surface area (Å²) in [5.41, 5.74) is 1.51. The molecule has 0 spiro atoms. The van der Waals surface area contributed by atoms with Crippen LogP contribution in [0.4, 0.5) is 5.69 Å². The third kappa shape index (κ3) is 2.89. The number of anilines is 1. The van der Waals surface area contributed by atoms with E-state index < -0.39 is 0 Å². The summed E-state index contributed by atoms with van der Waals surface area (Å²) in [6.45, 7) is 0.799. The molecule has 0 aliphatic heterocycles. The molecule has 0 bridgehead atoms. The lowest BCUT2D eigenvalue weighted by molar-refractivity contribution is 0.0830. The van der Waals surface area contributed by atoms with Crippen molar-refractivity contribution in [3.05, 3.63) is 24.3 Å². The number of ether oxygens (including phenoxy) is 1. The summed E-state index contributed by atoms with van der Waals surface area (Å²) >= 11 is 4.44. The van der Waals surface area contributed by atoms with E-state index in [0.29, 0.717) is 5.41 Å². The maximum atomic E-state index is 5.92. The molecule has 1 aromatic rings. The molecular formula is C14H21NOS. The molecule has 0 aromatic heterocycles. The first-order valence-corrected chi connectivity index (χ1v) is 6.80. The van der Waals surface area contributed by atoms with Crippen molar-refractivity contribution in [1.82, 2.24) is 0 Å². The highest BCUT2D eigenvalue weighted by Gasteiger charge is 2.36. The molecule has 17 heavy (non-hydrogen) atoms. The van der Waals surface area contributed by atoms with E-state index in [0.717, 1.165) is 18.1 Å². The molecule has 0 atom stereocenters. The minimum absolute atomic E-state index is 0.331. The normalized spacial score (nSPS) is 17.4. The molecule has 1 aromatic carbocycles. The minimum Gasteiger partial charge on any atom is -0.493 e. The van der Waals surface area contributed by atoms with Gasteiger partial charge in [-0.15, -0.1) is 0 Å². The van der Waals surface area contributed by atoms with Gasteiger partial charge in [0.05, 0.1) is 6.61 Å².